The number of hydrogen-bond acceptors (Lipinski definition) is 5. The molecule has 0 saturated carbocycles. The number of halogens is 1. The molecule has 1 saturated heterocycles. The molecule has 7 nitrogen and oxygen atoms in total. The summed E-state index contributed by atoms with van der Waals surface area (Å²) < 4.78 is 32.6. The molecule has 1 fully saturated rings. The average Bonchev–Trinajstić information content (AvgIpc) is 3.18. The van der Waals surface area contributed by atoms with Crippen molar-refractivity contribution in [3.63, 3.8) is 0 Å². The molecule has 2 aromatic rings. The van der Waals surface area contributed by atoms with E-state index in [0.29, 0.717) is 16.4 Å². The number of benzene rings is 2. The molecule has 2 aromatic carbocycles. The van der Waals surface area contributed by atoms with E-state index in [1.807, 2.05) is 0 Å². The van der Waals surface area contributed by atoms with Crippen LogP contribution in [0.4, 0.5) is 21.9 Å². The van der Waals surface area contributed by atoms with Crippen molar-refractivity contribution in [1.29, 1.82) is 0 Å². The van der Waals surface area contributed by atoms with Crippen molar-refractivity contribution in [1.82, 2.24) is 0 Å². The van der Waals surface area contributed by atoms with Crippen molar-refractivity contribution in [2.75, 3.05) is 35.1 Å². The molecule has 1 heterocycles. The van der Waals surface area contributed by atoms with Crippen LogP contribution in [0.3, 0.4) is 0 Å². The predicted octanol–water partition coefficient (Wildman–Crippen LogP) is 3.92. The molecule has 144 valence electrons. The zero-order valence-corrected chi connectivity index (χ0v) is 16.3. The maximum atomic E-state index is 12.7. The van der Waals surface area contributed by atoms with Crippen LogP contribution < -0.4 is 14.9 Å². The highest BCUT2D eigenvalue weighted by Gasteiger charge is 2.21. The Balaban J connectivity index is 1.93. The van der Waals surface area contributed by atoms with Crippen molar-refractivity contribution >= 4 is 44.8 Å². The number of carbonyl (C=O) groups is 1. The minimum absolute atomic E-state index is 0.0341. The van der Waals surface area contributed by atoms with Gasteiger partial charge in [-0.1, -0.05) is 11.6 Å². The van der Waals surface area contributed by atoms with Gasteiger partial charge in [-0.2, -0.15) is 0 Å². The molecule has 0 spiro atoms. The SMILES string of the molecule is COC(=O)Nc1cc(S(=O)(=O)Nc2ccc(Cl)cc2)ccc1N1CCCC1. The van der Waals surface area contributed by atoms with Crippen LogP contribution in [0.5, 0.6) is 0 Å². The predicted molar refractivity (Wildman–Crippen MR) is 106 cm³/mol. The van der Waals surface area contributed by atoms with E-state index in [-0.39, 0.29) is 4.90 Å². The summed E-state index contributed by atoms with van der Waals surface area (Å²) in [6.45, 7) is 1.70. The lowest BCUT2D eigenvalue weighted by molar-refractivity contribution is 0.187. The van der Waals surface area contributed by atoms with E-state index in [4.69, 9.17) is 11.6 Å². The molecular formula is C18H20ClN3O4S. The van der Waals surface area contributed by atoms with E-state index in [9.17, 15) is 13.2 Å². The number of nitrogens with zero attached hydrogens (tertiary/aromatic N) is 1. The molecule has 9 heteroatoms. The number of amides is 1. The van der Waals surface area contributed by atoms with Gasteiger partial charge in [0.2, 0.25) is 0 Å². The summed E-state index contributed by atoms with van der Waals surface area (Å²) in [5.74, 6) is 0. The van der Waals surface area contributed by atoms with E-state index in [2.05, 4.69) is 19.7 Å². The smallest absolute Gasteiger partial charge is 0.411 e. The first-order valence-electron chi connectivity index (χ1n) is 8.41. The fourth-order valence-electron chi connectivity index (χ4n) is 2.91. The first-order chi connectivity index (χ1) is 12.9. The molecule has 0 aromatic heterocycles. The number of rotatable bonds is 5. The molecular weight excluding hydrogens is 390 g/mol. The third-order valence-electron chi connectivity index (χ3n) is 4.24. The number of sulfonamides is 1. The first-order valence-corrected chi connectivity index (χ1v) is 10.3. The topological polar surface area (TPSA) is 87.7 Å². The van der Waals surface area contributed by atoms with Crippen LogP contribution >= 0.6 is 11.6 Å². The minimum Gasteiger partial charge on any atom is -0.453 e. The number of hydrogen-bond donors (Lipinski definition) is 2. The van der Waals surface area contributed by atoms with Gasteiger partial charge in [0.15, 0.2) is 0 Å². The number of anilines is 3. The van der Waals surface area contributed by atoms with Gasteiger partial charge in [-0.15, -0.1) is 0 Å². The molecule has 27 heavy (non-hydrogen) atoms. The van der Waals surface area contributed by atoms with Crippen LogP contribution in [0.2, 0.25) is 5.02 Å². The molecule has 0 unspecified atom stereocenters. The van der Waals surface area contributed by atoms with Gasteiger partial charge in [-0.05, 0) is 55.3 Å². The quantitative estimate of drug-likeness (QED) is 0.781. The maximum Gasteiger partial charge on any atom is 0.411 e. The Morgan fingerprint density at radius 3 is 2.41 bits per heavy atom. The summed E-state index contributed by atoms with van der Waals surface area (Å²) in [4.78, 5) is 13.8. The minimum atomic E-state index is -3.84. The lowest BCUT2D eigenvalue weighted by Gasteiger charge is -2.22. The average molecular weight is 410 g/mol. The molecule has 0 radical (unpaired) electrons. The molecule has 3 rings (SSSR count). The normalized spacial score (nSPS) is 14.1. The van der Waals surface area contributed by atoms with Crippen molar-refractivity contribution in [2.24, 2.45) is 0 Å². The van der Waals surface area contributed by atoms with Crippen LogP contribution in [0.1, 0.15) is 12.8 Å². The maximum absolute atomic E-state index is 12.7. The third kappa shape index (κ3) is 4.64. The Labute approximate surface area is 163 Å². The Morgan fingerprint density at radius 2 is 1.78 bits per heavy atom. The Bertz CT molecular complexity index is 926. The molecule has 1 aliphatic rings. The van der Waals surface area contributed by atoms with E-state index in [0.717, 1.165) is 31.6 Å². The van der Waals surface area contributed by atoms with Gasteiger partial charge in [-0.25, -0.2) is 13.2 Å². The molecule has 0 atom stereocenters. The second kappa shape index (κ2) is 8.06. The van der Waals surface area contributed by atoms with E-state index < -0.39 is 16.1 Å². The largest absolute Gasteiger partial charge is 0.453 e. The molecule has 0 bridgehead atoms. The summed E-state index contributed by atoms with van der Waals surface area (Å²) in [6, 6.07) is 11.0. The fraction of sp³-hybridized carbons (Fsp3) is 0.278. The molecule has 1 aliphatic heterocycles. The van der Waals surface area contributed by atoms with Gasteiger partial charge >= 0.3 is 6.09 Å². The highest BCUT2D eigenvalue weighted by Crippen LogP contribution is 2.32. The van der Waals surface area contributed by atoms with Crippen molar-refractivity contribution in [3.05, 3.63) is 47.5 Å². The van der Waals surface area contributed by atoms with Crippen LogP contribution in [-0.4, -0.2) is 34.7 Å². The highest BCUT2D eigenvalue weighted by molar-refractivity contribution is 7.92. The van der Waals surface area contributed by atoms with Gasteiger partial charge in [0.05, 0.1) is 23.4 Å². The Kier molecular flexibility index (Phi) is 5.76. The van der Waals surface area contributed by atoms with Crippen LogP contribution in [0, 0.1) is 0 Å². The number of carbonyl (C=O) groups excluding carboxylic acids is 1. The summed E-state index contributed by atoms with van der Waals surface area (Å²) >= 11 is 5.83. The van der Waals surface area contributed by atoms with Crippen LogP contribution in [0.25, 0.3) is 0 Å². The number of methoxy groups -OCH3 is 1. The summed E-state index contributed by atoms with van der Waals surface area (Å²) in [5.41, 5.74) is 1.55. The second-order valence-corrected chi connectivity index (χ2v) is 8.22. The van der Waals surface area contributed by atoms with E-state index >= 15 is 0 Å². The van der Waals surface area contributed by atoms with Gasteiger partial charge < -0.3 is 9.64 Å². The number of nitrogens with one attached hydrogen (secondary N) is 2. The first kappa shape index (κ1) is 19.3. The van der Waals surface area contributed by atoms with E-state index in [1.165, 1.54) is 19.2 Å². The second-order valence-electron chi connectivity index (χ2n) is 6.10. The number of ether oxygens (including phenoxy) is 1. The molecule has 0 aliphatic carbocycles. The third-order valence-corrected chi connectivity index (χ3v) is 5.87. The Hall–Kier alpha value is -2.45. The summed E-state index contributed by atoms with van der Waals surface area (Å²) in [6.07, 6.45) is 1.45. The van der Waals surface area contributed by atoms with Crippen LogP contribution in [0.15, 0.2) is 47.4 Å². The van der Waals surface area contributed by atoms with Gasteiger partial charge in [-0.3, -0.25) is 10.0 Å². The zero-order valence-electron chi connectivity index (χ0n) is 14.7. The lowest BCUT2D eigenvalue weighted by Crippen LogP contribution is -2.22. The Morgan fingerprint density at radius 1 is 1.11 bits per heavy atom. The molecule has 2 N–H and O–H groups in total. The monoisotopic (exact) mass is 409 g/mol. The zero-order chi connectivity index (χ0) is 19.4. The molecule has 1 amide bonds. The lowest BCUT2D eigenvalue weighted by atomic mass is 10.2. The van der Waals surface area contributed by atoms with Crippen molar-refractivity contribution < 1.29 is 17.9 Å². The summed E-state index contributed by atoms with van der Waals surface area (Å²) in [7, 11) is -2.58. The van der Waals surface area contributed by atoms with Gasteiger partial charge in [0, 0.05) is 23.8 Å². The standard InChI is InChI=1S/C18H20ClN3O4S/c1-26-18(23)20-16-12-15(8-9-17(16)22-10-2-3-11-22)27(24,25)21-14-6-4-13(19)5-7-14/h4-9,12,21H,2-3,10-11H2,1H3,(H,20,23). The van der Waals surface area contributed by atoms with Crippen molar-refractivity contribution in [2.45, 2.75) is 17.7 Å². The summed E-state index contributed by atoms with van der Waals surface area (Å²) in [5, 5.41) is 3.12. The van der Waals surface area contributed by atoms with Crippen LogP contribution in [-0.2, 0) is 14.8 Å². The highest BCUT2D eigenvalue weighted by atomic mass is 35.5. The van der Waals surface area contributed by atoms with Gasteiger partial charge in [0.1, 0.15) is 0 Å². The van der Waals surface area contributed by atoms with Gasteiger partial charge in [0.25, 0.3) is 10.0 Å². The van der Waals surface area contributed by atoms with Crippen molar-refractivity contribution in [3.8, 4) is 0 Å². The van der Waals surface area contributed by atoms with E-state index in [1.54, 1.807) is 30.3 Å². The fourth-order valence-corrected chi connectivity index (χ4v) is 4.12.